The van der Waals surface area contributed by atoms with Gasteiger partial charge in [0, 0.05) is 23.2 Å². The van der Waals surface area contributed by atoms with Crippen LogP contribution in [0.3, 0.4) is 0 Å². The maximum Gasteiger partial charge on any atom is 0.165 e. The van der Waals surface area contributed by atoms with E-state index in [0.717, 1.165) is 36.0 Å². The van der Waals surface area contributed by atoms with E-state index in [2.05, 4.69) is 19.2 Å². The van der Waals surface area contributed by atoms with Gasteiger partial charge in [0.05, 0.1) is 0 Å². The monoisotopic (exact) mass is 281 g/mol. The molecule has 1 aromatic rings. The van der Waals surface area contributed by atoms with E-state index in [9.17, 15) is 0 Å². The van der Waals surface area contributed by atoms with Gasteiger partial charge in [-0.2, -0.15) is 0 Å². The van der Waals surface area contributed by atoms with Crippen LogP contribution < -0.4 is 14.8 Å². The van der Waals surface area contributed by atoms with Crippen LogP contribution in [0, 0.1) is 0 Å². The molecule has 1 N–H and O–H groups in total. The third-order valence-electron chi connectivity index (χ3n) is 3.91. The standard InChI is InChI=1S/C15H20ClNO2/c1-9(2)13-14(10-3-4-17-8-10)11(16)7-12-15(13)19-6-5-18-12/h7,9-10,17H,3-6,8H2,1-2H3. The lowest BCUT2D eigenvalue weighted by Gasteiger charge is -2.27. The molecule has 0 bridgehead atoms. The van der Waals surface area contributed by atoms with Crippen molar-refractivity contribution in [3.05, 3.63) is 22.2 Å². The van der Waals surface area contributed by atoms with E-state index >= 15 is 0 Å². The highest BCUT2D eigenvalue weighted by molar-refractivity contribution is 6.31. The molecule has 3 nitrogen and oxygen atoms in total. The van der Waals surface area contributed by atoms with Crippen LogP contribution in [-0.4, -0.2) is 26.3 Å². The molecule has 1 fully saturated rings. The number of fused-ring (bicyclic) bond motifs is 1. The molecule has 0 aromatic heterocycles. The second kappa shape index (κ2) is 5.22. The highest BCUT2D eigenvalue weighted by Crippen LogP contribution is 2.46. The third-order valence-corrected chi connectivity index (χ3v) is 4.22. The van der Waals surface area contributed by atoms with E-state index in [4.69, 9.17) is 21.1 Å². The van der Waals surface area contributed by atoms with Crippen LogP contribution in [0.5, 0.6) is 11.5 Å². The van der Waals surface area contributed by atoms with Crippen LogP contribution in [0.15, 0.2) is 6.07 Å². The second-order valence-electron chi connectivity index (χ2n) is 5.55. The second-order valence-corrected chi connectivity index (χ2v) is 5.96. The SMILES string of the molecule is CC(C)c1c2c(cc(Cl)c1C1CCNC1)OCCO2. The summed E-state index contributed by atoms with van der Waals surface area (Å²) in [4.78, 5) is 0. The van der Waals surface area contributed by atoms with Crippen LogP contribution in [-0.2, 0) is 0 Å². The Kier molecular flexibility index (Phi) is 3.59. The van der Waals surface area contributed by atoms with Gasteiger partial charge >= 0.3 is 0 Å². The van der Waals surface area contributed by atoms with Crippen LogP contribution in [0.2, 0.25) is 5.02 Å². The summed E-state index contributed by atoms with van der Waals surface area (Å²) in [6.45, 7) is 7.67. The number of hydrogen-bond donors (Lipinski definition) is 1. The average Bonchev–Trinajstić information content (AvgIpc) is 2.90. The number of benzene rings is 1. The normalized spacial score (nSPS) is 22.0. The minimum atomic E-state index is 0.379. The van der Waals surface area contributed by atoms with E-state index in [1.54, 1.807) is 0 Å². The number of rotatable bonds is 2. The summed E-state index contributed by atoms with van der Waals surface area (Å²) in [5.74, 6) is 2.58. The van der Waals surface area contributed by atoms with Gasteiger partial charge in [-0.05, 0) is 30.4 Å². The molecule has 2 aliphatic heterocycles. The molecule has 0 spiro atoms. The molecule has 2 heterocycles. The Morgan fingerprint density at radius 3 is 2.79 bits per heavy atom. The van der Waals surface area contributed by atoms with Gasteiger partial charge in [-0.15, -0.1) is 0 Å². The Bertz CT molecular complexity index is 482. The van der Waals surface area contributed by atoms with E-state index < -0.39 is 0 Å². The summed E-state index contributed by atoms with van der Waals surface area (Å²) in [6.07, 6.45) is 1.14. The highest BCUT2D eigenvalue weighted by Gasteiger charge is 2.29. The zero-order valence-corrected chi connectivity index (χ0v) is 12.2. The first-order valence-corrected chi connectivity index (χ1v) is 7.39. The average molecular weight is 282 g/mol. The highest BCUT2D eigenvalue weighted by atomic mass is 35.5. The zero-order valence-electron chi connectivity index (χ0n) is 11.5. The maximum absolute atomic E-state index is 6.53. The molecule has 1 aromatic carbocycles. The fourth-order valence-electron chi connectivity index (χ4n) is 3.08. The van der Waals surface area contributed by atoms with E-state index in [1.807, 2.05) is 6.07 Å². The molecule has 1 unspecified atom stereocenters. The van der Waals surface area contributed by atoms with Gasteiger partial charge in [0.15, 0.2) is 11.5 Å². The molecule has 19 heavy (non-hydrogen) atoms. The molecule has 1 atom stereocenters. The van der Waals surface area contributed by atoms with Gasteiger partial charge in [0.1, 0.15) is 13.2 Å². The fraction of sp³-hybridized carbons (Fsp3) is 0.600. The number of nitrogens with one attached hydrogen (secondary N) is 1. The summed E-state index contributed by atoms with van der Waals surface area (Å²) in [5.41, 5.74) is 2.49. The molecule has 4 heteroatoms. The van der Waals surface area contributed by atoms with Crippen molar-refractivity contribution in [3.8, 4) is 11.5 Å². The van der Waals surface area contributed by atoms with Crippen LogP contribution in [0.4, 0.5) is 0 Å². The summed E-state index contributed by atoms with van der Waals surface area (Å²) in [7, 11) is 0. The van der Waals surface area contributed by atoms with Gasteiger partial charge < -0.3 is 14.8 Å². The Balaban J connectivity index is 2.15. The molecule has 3 rings (SSSR count). The Hall–Kier alpha value is -0.930. The van der Waals surface area contributed by atoms with Crippen molar-refractivity contribution in [2.45, 2.75) is 32.1 Å². The quantitative estimate of drug-likeness (QED) is 0.902. The molecule has 0 aliphatic carbocycles. The van der Waals surface area contributed by atoms with Crippen LogP contribution in [0.1, 0.15) is 43.2 Å². The minimum Gasteiger partial charge on any atom is -0.486 e. The summed E-state index contributed by atoms with van der Waals surface area (Å²) in [5, 5.41) is 4.23. The fourth-order valence-corrected chi connectivity index (χ4v) is 3.44. The molecule has 0 saturated carbocycles. The first-order chi connectivity index (χ1) is 9.18. The van der Waals surface area contributed by atoms with Gasteiger partial charge in [0.2, 0.25) is 0 Å². The maximum atomic E-state index is 6.53. The number of halogens is 1. The van der Waals surface area contributed by atoms with Crippen molar-refractivity contribution in [2.75, 3.05) is 26.3 Å². The smallest absolute Gasteiger partial charge is 0.165 e. The van der Waals surface area contributed by atoms with Crippen LogP contribution in [0.25, 0.3) is 0 Å². The van der Waals surface area contributed by atoms with Crippen molar-refractivity contribution in [3.63, 3.8) is 0 Å². The van der Waals surface area contributed by atoms with Crippen molar-refractivity contribution >= 4 is 11.6 Å². The lowest BCUT2D eigenvalue weighted by molar-refractivity contribution is 0.169. The topological polar surface area (TPSA) is 30.5 Å². The summed E-state index contributed by atoms with van der Waals surface area (Å²) in [6, 6.07) is 1.93. The summed E-state index contributed by atoms with van der Waals surface area (Å²) < 4.78 is 11.6. The van der Waals surface area contributed by atoms with E-state index in [1.165, 1.54) is 11.1 Å². The van der Waals surface area contributed by atoms with Gasteiger partial charge in [0.25, 0.3) is 0 Å². The minimum absolute atomic E-state index is 0.379. The van der Waals surface area contributed by atoms with Gasteiger partial charge in [-0.1, -0.05) is 25.4 Å². The van der Waals surface area contributed by atoms with Crippen molar-refractivity contribution < 1.29 is 9.47 Å². The first kappa shape index (κ1) is 13.1. The predicted octanol–water partition coefficient (Wildman–Crippen LogP) is 3.31. The lowest BCUT2D eigenvalue weighted by atomic mass is 9.87. The molecule has 0 amide bonds. The van der Waals surface area contributed by atoms with Gasteiger partial charge in [-0.3, -0.25) is 0 Å². The zero-order chi connectivity index (χ0) is 13.4. The molecule has 104 valence electrons. The van der Waals surface area contributed by atoms with Crippen molar-refractivity contribution in [1.29, 1.82) is 0 Å². The van der Waals surface area contributed by atoms with Crippen molar-refractivity contribution in [2.24, 2.45) is 0 Å². The van der Waals surface area contributed by atoms with E-state index in [0.29, 0.717) is 25.0 Å². The third kappa shape index (κ3) is 2.30. The molecule has 1 saturated heterocycles. The molecule has 2 aliphatic rings. The Labute approximate surface area is 119 Å². The largest absolute Gasteiger partial charge is 0.486 e. The molecule has 0 radical (unpaired) electrons. The van der Waals surface area contributed by atoms with E-state index in [-0.39, 0.29) is 0 Å². The number of hydrogen-bond acceptors (Lipinski definition) is 3. The molecular weight excluding hydrogens is 262 g/mol. The Morgan fingerprint density at radius 2 is 2.11 bits per heavy atom. The predicted molar refractivity (Wildman–Crippen MR) is 76.8 cm³/mol. The van der Waals surface area contributed by atoms with Gasteiger partial charge in [-0.25, -0.2) is 0 Å². The summed E-state index contributed by atoms with van der Waals surface area (Å²) >= 11 is 6.53. The Morgan fingerprint density at radius 1 is 1.32 bits per heavy atom. The first-order valence-electron chi connectivity index (χ1n) is 7.01. The molecular formula is C15H20ClNO2. The lowest BCUT2D eigenvalue weighted by Crippen LogP contribution is -2.19. The van der Waals surface area contributed by atoms with Crippen LogP contribution >= 0.6 is 11.6 Å². The van der Waals surface area contributed by atoms with Crippen molar-refractivity contribution in [1.82, 2.24) is 5.32 Å². The number of ether oxygens (including phenoxy) is 2.